The second kappa shape index (κ2) is 6.11. The predicted octanol–water partition coefficient (Wildman–Crippen LogP) is 3.89. The van der Waals surface area contributed by atoms with Crippen LogP contribution in [0, 0.1) is 6.92 Å². The Labute approximate surface area is 146 Å². The molecule has 0 amide bonds. The standard InChI is InChI=1S/C19H29NO3S/c1-5-6-13-19-14-7-12-18(3,23-4)17(19)20(19)24(21,22)16-10-8-15(2)9-11-16/h8-11,17H,5-7,12-14H2,1-4H3/t17-,18-,19+,20?/m1/s1. The molecule has 1 saturated heterocycles. The van der Waals surface area contributed by atoms with Crippen molar-refractivity contribution in [1.82, 2.24) is 4.31 Å². The molecule has 0 N–H and O–H groups in total. The number of hydrogen-bond donors (Lipinski definition) is 0. The maximum atomic E-state index is 13.3. The zero-order valence-corrected chi connectivity index (χ0v) is 16.0. The minimum atomic E-state index is -3.48. The summed E-state index contributed by atoms with van der Waals surface area (Å²) < 4.78 is 34.2. The van der Waals surface area contributed by atoms with Crippen molar-refractivity contribution in [3.05, 3.63) is 29.8 Å². The lowest BCUT2D eigenvalue weighted by Gasteiger charge is -2.34. The van der Waals surface area contributed by atoms with Crippen LogP contribution in [0.15, 0.2) is 29.2 Å². The molecule has 1 aromatic carbocycles. The molecule has 4 atom stereocenters. The van der Waals surface area contributed by atoms with Crippen molar-refractivity contribution < 1.29 is 13.2 Å². The minimum absolute atomic E-state index is 0.0402. The molecule has 0 radical (unpaired) electrons. The van der Waals surface area contributed by atoms with E-state index >= 15 is 0 Å². The van der Waals surface area contributed by atoms with Gasteiger partial charge in [-0.3, -0.25) is 0 Å². The van der Waals surface area contributed by atoms with Crippen LogP contribution in [-0.2, 0) is 14.8 Å². The Balaban J connectivity index is 2.00. The van der Waals surface area contributed by atoms with Gasteiger partial charge in [-0.25, -0.2) is 8.42 Å². The minimum Gasteiger partial charge on any atom is -0.377 e. The zero-order valence-electron chi connectivity index (χ0n) is 15.2. The molecule has 3 rings (SSSR count). The summed E-state index contributed by atoms with van der Waals surface area (Å²) in [6.07, 6.45) is 5.94. The third-order valence-corrected chi connectivity index (χ3v) is 7.94. The Hall–Kier alpha value is -0.910. The summed E-state index contributed by atoms with van der Waals surface area (Å²) in [5, 5.41) is 0. The molecule has 1 aliphatic carbocycles. The molecule has 0 spiro atoms. The fourth-order valence-corrected chi connectivity index (χ4v) is 6.68. The number of fused-ring (bicyclic) bond motifs is 1. The van der Waals surface area contributed by atoms with Crippen LogP contribution >= 0.6 is 0 Å². The summed E-state index contributed by atoms with van der Waals surface area (Å²) in [6.45, 7) is 6.20. The third-order valence-electron chi connectivity index (χ3n) is 5.98. The zero-order chi connectivity index (χ0) is 17.6. The maximum Gasteiger partial charge on any atom is 0.244 e. The molecule has 24 heavy (non-hydrogen) atoms. The molecule has 2 aliphatic rings. The van der Waals surface area contributed by atoms with E-state index in [1.54, 1.807) is 23.5 Å². The van der Waals surface area contributed by atoms with Crippen molar-refractivity contribution in [1.29, 1.82) is 0 Å². The summed E-state index contributed by atoms with van der Waals surface area (Å²) in [5.41, 5.74) is 0.437. The quantitative estimate of drug-likeness (QED) is 0.731. The van der Waals surface area contributed by atoms with E-state index in [-0.39, 0.29) is 17.2 Å². The molecule has 0 bridgehead atoms. The summed E-state index contributed by atoms with van der Waals surface area (Å²) in [4.78, 5) is 0.400. The number of sulfonamides is 1. The normalized spacial score (nSPS) is 35.5. The molecular weight excluding hydrogens is 322 g/mol. The number of hydrogen-bond acceptors (Lipinski definition) is 3. The van der Waals surface area contributed by atoms with Gasteiger partial charge in [-0.15, -0.1) is 0 Å². The Morgan fingerprint density at radius 1 is 1.25 bits per heavy atom. The van der Waals surface area contributed by atoms with Crippen LogP contribution in [-0.4, -0.2) is 37.0 Å². The molecule has 1 heterocycles. The van der Waals surface area contributed by atoms with E-state index in [1.165, 1.54) is 0 Å². The molecule has 1 saturated carbocycles. The van der Waals surface area contributed by atoms with E-state index < -0.39 is 10.0 Å². The predicted molar refractivity (Wildman–Crippen MR) is 95.5 cm³/mol. The summed E-state index contributed by atoms with van der Waals surface area (Å²) in [6, 6.07) is 7.16. The van der Waals surface area contributed by atoms with Crippen molar-refractivity contribution in [2.45, 2.75) is 81.4 Å². The average molecular weight is 352 g/mol. The first-order valence-electron chi connectivity index (χ1n) is 8.98. The van der Waals surface area contributed by atoms with Gasteiger partial charge < -0.3 is 4.74 Å². The van der Waals surface area contributed by atoms with Gasteiger partial charge in [0.05, 0.1) is 22.1 Å². The molecule has 2 fully saturated rings. The molecule has 4 nitrogen and oxygen atoms in total. The highest BCUT2D eigenvalue weighted by molar-refractivity contribution is 7.89. The number of benzene rings is 1. The van der Waals surface area contributed by atoms with Crippen molar-refractivity contribution in [2.24, 2.45) is 0 Å². The SMILES string of the molecule is CCCC[C@]12CCC[C@@](C)(OC)[C@H]1N2S(=O)(=O)c1ccc(C)cc1. The smallest absolute Gasteiger partial charge is 0.244 e. The number of unbranched alkanes of at least 4 members (excludes halogenated alkanes) is 1. The Kier molecular flexibility index (Phi) is 4.56. The number of methoxy groups -OCH3 is 1. The fraction of sp³-hybridized carbons (Fsp3) is 0.684. The second-order valence-corrected chi connectivity index (χ2v) is 9.41. The van der Waals surface area contributed by atoms with E-state index in [0.29, 0.717) is 4.90 Å². The Morgan fingerprint density at radius 3 is 2.50 bits per heavy atom. The van der Waals surface area contributed by atoms with Gasteiger partial charge in [-0.2, -0.15) is 4.31 Å². The molecule has 1 aliphatic heterocycles. The Morgan fingerprint density at radius 2 is 1.92 bits per heavy atom. The number of aryl methyl sites for hydroxylation is 1. The fourth-order valence-electron chi connectivity index (χ4n) is 4.56. The number of nitrogens with zero attached hydrogens (tertiary/aromatic N) is 1. The first-order valence-corrected chi connectivity index (χ1v) is 10.4. The van der Waals surface area contributed by atoms with Crippen LogP contribution < -0.4 is 0 Å². The van der Waals surface area contributed by atoms with Crippen molar-refractivity contribution in [3.8, 4) is 0 Å². The molecule has 5 heteroatoms. The van der Waals surface area contributed by atoms with Gasteiger partial charge in [0.2, 0.25) is 10.0 Å². The van der Waals surface area contributed by atoms with E-state index in [4.69, 9.17) is 4.74 Å². The van der Waals surface area contributed by atoms with Crippen molar-refractivity contribution in [3.63, 3.8) is 0 Å². The first kappa shape index (κ1) is 17.9. The van der Waals surface area contributed by atoms with E-state index in [2.05, 4.69) is 13.8 Å². The summed E-state index contributed by atoms with van der Waals surface area (Å²) in [5.74, 6) is 0. The van der Waals surface area contributed by atoms with Crippen molar-refractivity contribution >= 4 is 10.0 Å². The summed E-state index contributed by atoms with van der Waals surface area (Å²) >= 11 is 0. The monoisotopic (exact) mass is 351 g/mol. The van der Waals surface area contributed by atoms with Crippen molar-refractivity contribution in [2.75, 3.05) is 7.11 Å². The van der Waals surface area contributed by atoms with Crippen LogP contribution in [0.25, 0.3) is 0 Å². The highest BCUT2D eigenvalue weighted by Crippen LogP contribution is 2.61. The van der Waals surface area contributed by atoms with E-state index in [1.807, 2.05) is 19.1 Å². The van der Waals surface area contributed by atoms with Gasteiger partial charge in [0, 0.05) is 7.11 Å². The summed E-state index contributed by atoms with van der Waals surface area (Å²) in [7, 11) is -1.77. The van der Waals surface area contributed by atoms with Gasteiger partial charge in [-0.05, 0) is 51.7 Å². The van der Waals surface area contributed by atoms with Crippen LogP contribution in [0.4, 0.5) is 0 Å². The molecule has 1 aromatic rings. The molecule has 1 unspecified atom stereocenters. The molecule has 0 aromatic heterocycles. The van der Waals surface area contributed by atoms with E-state index in [0.717, 1.165) is 44.1 Å². The molecule has 134 valence electrons. The van der Waals surface area contributed by atoms with Gasteiger partial charge in [-0.1, -0.05) is 37.5 Å². The van der Waals surface area contributed by atoms with Crippen LogP contribution in [0.5, 0.6) is 0 Å². The van der Waals surface area contributed by atoms with Gasteiger partial charge in [0.25, 0.3) is 0 Å². The lowest BCUT2D eigenvalue weighted by molar-refractivity contribution is -0.0214. The third kappa shape index (κ3) is 2.61. The van der Waals surface area contributed by atoms with Crippen LogP contribution in [0.1, 0.15) is 57.9 Å². The van der Waals surface area contributed by atoms with Gasteiger partial charge in [0.1, 0.15) is 0 Å². The van der Waals surface area contributed by atoms with E-state index in [9.17, 15) is 8.42 Å². The highest BCUT2D eigenvalue weighted by Gasteiger charge is 2.74. The lowest BCUT2D eigenvalue weighted by atomic mass is 9.77. The first-order chi connectivity index (χ1) is 11.3. The maximum absolute atomic E-state index is 13.3. The average Bonchev–Trinajstić information content (AvgIpc) is 3.25. The van der Waals surface area contributed by atoms with Gasteiger partial charge in [0.15, 0.2) is 0 Å². The largest absolute Gasteiger partial charge is 0.377 e. The number of rotatable bonds is 6. The number of ether oxygens (including phenoxy) is 1. The lowest BCUT2D eigenvalue weighted by Crippen LogP contribution is -2.42. The topological polar surface area (TPSA) is 46.4 Å². The van der Waals surface area contributed by atoms with Crippen LogP contribution in [0.3, 0.4) is 0 Å². The molecular formula is C19H29NO3S. The van der Waals surface area contributed by atoms with Crippen LogP contribution in [0.2, 0.25) is 0 Å². The van der Waals surface area contributed by atoms with Gasteiger partial charge >= 0.3 is 0 Å². The second-order valence-electron chi connectivity index (χ2n) is 7.59. The highest BCUT2D eigenvalue weighted by atomic mass is 32.2. The Bertz CT molecular complexity index is 700.